The fraction of sp³-hybridized carbons (Fsp3) is 0.583. The van der Waals surface area contributed by atoms with E-state index >= 15 is 0 Å². The molecule has 0 saturated heterocycles. The van der Waals surface area contributed by atoms with Gasteiger partial charge in [-0.05, 0) is 36.9 Å². The lowest BCUT2D eigenvalue weighted by Gasteiger charge is -2.17. The maximum Gasteiger partial charge on any atom is 0.191 e. The molecule has 0 unspecified atom stereocenters. The molecular weight excluding hydrogens is 487 g/mol. The molecule has 3 aromatic rings. The van der Waals surface area contributed by atoms with Gasteiger partial charge in [-0.2, -0.15) is 0 Å². The van der Waals surface area contributed by atoms with Crippen molar-refractivity contribution in [1.29, 1.82) is 0 Å². The molecule has 2 aliphatic carbocycles. The molecule has 1 aromatic carbocycles. The lowest BCUT2D eigenvalue weighted by Crippen LogP contribution is -2.33. The zero-order valence-electron chi connectivity index (χ0n) is 31.2. The molecule has 0 spiro atoms. The van der Waals surface area contributed by atoms with Crippen LogP contribution in [0.2, 0.25) is 0 Å². The molecule has 5 rings (SSSR count). The number of nitrogens with one attached hydrogen (secondary N) is 1. The van der Waals surface area contributed by atoms with Crippen molar-refractivity contribution in [1.82, 2.24) is 25.0 Å². The first kappa shape index (κ1) is 14.5. The average molecular weight is 531 g/mol. The summed E-state index contributed by atoms with van der Waals surface area (Å²) in [6, 6.07) is -6.37. The maximum absolute atomic E-state index is 14.7. The SMILES string of the molecule is [2H]c1c([2H])c([C@]2([2H])C[C@H]2Nc2nc(SCCC)nc3c2nnn3[C@]2([2H])C([2H])([2H])[C@]([2H])(OC([2H])([2H])CO)[C@@]([2H])(O)[C@@]2([2H])O)c([2H])c(F)c1C. The van der Waals surface area contributed by atoms with Gasteiger partial charge in [-0.25, -0.2) is 19.0 Å². The van der Waals surface area contributed by atoms with Crippen molar-refractivity contribution in [3.8, 4) is 0 Å². The number of fused-ring (bicyclic) bond motifs is 1. The molecule has 6 atom stereocenters. The number of hydrogen-bond donors (Lipinski definition) is 4. The quantitative estimate of drug-likeness (QED) is 0.228. The van der Waals surface area contributed by atoms with E-state index in [4.69, 9.17) is 21.2 Å². The Morgan fingerprint density at radius 1 is 1.39 bits per heavy atom. The first-order chi connectivity index (χ1) is 21.9. The summed E-state index contributed by atoms with van der Waals surface area (Å²) in [5, 5.41) is 42.0. The first-order valence-corrected chi connectivity index (χ1v) is 12.0. The van der Waals surface area contributed by atoms with Crippen molar-refractivity contribution in [2.75, 3.05) is 24.2 Å². The van der Waals surface area contributed by atoms with Crippen LogP contribution < -0.4 is 5.32 Å². The Hall–Kier alpha value is -2.38. The van der Waals surface area contributed by atoms with Gasteiger partial charge in [-0.15, -0.1) is 5.10 Å². The number of hydrogen-bond acceptors (Lipinski definition) is 10. The van der Waals surface area contributed by atoms with Crippen molar-refractivity contribution >= 4 is 28.7 Å². The van der Waals surface area contributed by atoms with E-state index in [2.05, 4.69) is 25.6 Å². The van der Waals surface area contributed by atoms with E-state index in [0.29, 0.717) is 12.2 Å². The predicted molar refractivity (Wildman–Crippen MR) is 133 cm³/mol. The summed E-state index contributed by atoms with van der Waals surface area (Å²) in [6.45, 7) is -1.69. The number of anilines is 1. The number of nitrogens with zero attached hydrogens (tertiary/aromatic N) is 5. The molecule has 0 bridgehead atoms. The normalized spacial score (nSPS) is 44.4. The zero-order valence-corrected chi connectivity index (χ0v) is 20.0. The van der Waals surface area contributed by atoms with E-state index in [1.807, 2.05) is 6.92 Å². The van der Waals surface area contributed by atoms with E-state index in [-0.39, 0.29) is 38.7 Å². The second kappa shape index (κ2) is 10.5. The molecule has 0 aliphatic heterocycles. The highest BCUT2D eigenvalue weighted by atomic mass is 32.2. The number of ether oxygens (including phenoxy) is 1. The first-order valence-electron chi connectivity index (χ1n) is 17.0. The van der Waals surface area contributed by atoms with Gasteiger partial charge < -0.3 is 25.4 Å². The van der Waals surface area contributed by atoms with Crippen molar-refractivity contribution in [2.45, 2.75) is 74.4 Å². The second-order valence-electron chi connectivity index (χ2n) is 7.90. The van der Waals surface area contributed by atoms with Crippen LogP contribution in [0.25, 0.3) is 11.2 Å². The summed E-state index contributed by atoms with van der Waals surface area (Å²) < 4.78 is 120. The molecule has 2 heterocycles. The monoisotopic (exact) mass is 530 g/mol. The zero-order chi connectivity index (χ0) is 36.2. The molecule has 2 saturated carbocycles. The topological polar surface area (TPSA) is 138 Å². The van der Waals surface area contributed by atoms with Gasteiger partial charge in [0.2, 0.25) is 0 Å². The Bertz CT molecular complexity index is 1780. The summed E-state index contributed by atoms with van der Waals surface area (Å²) in [4.78, 5) is 8.62. The summed E-state index contributed by atoms with van der Waals surface area (Å²) in [6.07, 6.45) is -15.5. The number of benzene rings is 1. The predicted octanol–water partition coefficient (Wildman–Crippen LogP) is 2.18. The van der Waals surface area contributed by atoms with Gasteiger partial charge in [-0.1, -0.05) is 36.0 Å². The highest BCUT2D eigenvalue weighted by Gasteiger charge is 2.45. The number of thioether (sulfide) groups is 1. The van der Waals surface area contributed by atoms with Gasteiger partial charge in [0.25, 0.3) is 0 Å². The van der Waals surface area contributed by atoms with E-state index < -0.39 is 85.3 Å². The van der Waals surface area contributed by atoms with Crippen LogP contribution in [0.4, 0.5) is 10.2 Å². The number of halogens is 1. The Kier molecular flexibility index (Phi) is 4.25. The lowest BCUT2D eigenvalue weighted by molar-refractivity contribution is -0.0629. The smallest absolute Gasteiger partial charge is 0.191 e. The molecule has 2 fully saturated rings. The molecular formula is C24H31FN6O4S. The van der Waals surface area contributed by atoms with E-state index in [9.17, 15) is 19.7 Å². The van der Waals surface area contributed by atoms with E-state index in [1.165, 1.54) is 6.92 Å². The maximum atomic E-state index is 14.7. The third-order valence-corrected chi connectivity index (χ3v) is 6.37. The van der Waals surface area contributed by atoms with Gasteiger partial charge in [0.1, 0.15) is 18.0 Å². The molecule has 0 amide bonds. The molecule has 10 nitrogen and oxygen atoms in total. The highest BCUT2D eigenvalue weighted by Crippen LogP contribution is 2.44. The van der Waals surface area contributed by atoms with Crippen LogP contribution in [0.1, 0.15) is 65.6 Å². The van der Waals surface area contributed by atoms with Gasteiger partial charge in [0.05, 0.1) is 37.6 Å². The van der Waals surface area contributed by atoms with Crippen LogP contribution in [-0.4, -0.2) is 83.5 Å². The fourth-order valence-corrected chi connectivity index (χ4v) is 4.12. The summed E-state index contributed by atoms with van der Waals surface area (Å²) >= 11 is 1.07. The molecule has 194 valence electrons. The Morgan fingerprint density at radius 3 is 3.00 bits per heavy atom. The minimum absolute atomic E-state index is 0.0503. The lowest BCUT2D eigenvalue weighted by atomic mass is 10.1. The number of aromatic nitrogens is 5. The Morgan fingerprint density at radius 2 is 2.22 bits per heavy atom. The summed E-state index contributed by atoms with van der Waals surface area (Å²) in [5.41, 5.74) is -1.46. The molecule has 2 aromatic heterocycles. The second-order valence-corrected chi connectivity index (χ2v) is 8.96. The van der Waals surface area contributed by atoms with E-state index in [1.54, 1.807) is 0 Å². The third-order valence-electron chi connectivity index (χ3n) is 5.32. The van der Waals surface area contributed by atoms with Crippen LogP contribution in [0.15, 0.2) is 23.3 Å². The number of rotatable bonds is 10. The Labute approximate surface area is 229 Å². The van der Waals surface area contributed by atoms with Gasteiger partial charge in [0.15, 0.2) is 22.1 Å². The van der Waals surface area contributed by atoms with Crippen molar-refractivity contribution in [2.24, 2.45) is 0 Å². The molecule has 12 heteroatoms. The van der Waals surface area contributed by atoms with Gasteiger partial charge in [0, 0.05) is 28.2 Å². The van der Waals surface area contributed by atoms with Crippen LogP contribution in [0.5, 0.6) is 0 Å². The van der Waals surface area contributed by atoms with Crippen molar-refractivity contribution < 1.29 is 40.9 Å². The van der Waals surface area contributed by atoms with Crippen LogP contribution in [0, 0.1) is 12.7 Å². The minimum atomic E-state index is -4.11. The van der Waals surface area contributed by atoms with E-state index in [0.717, 1.165) is 11.8 Å². The van der Waals surface area contributed by atoms with Gasteiger partial charge >= 0.3 is 0 Å². The molecule has 4 N–H and O–H groups in total. The number of aliphatic hydroxyl groups excluding tert-OH is 1. The highest BCUT2D eigenvalue weighted by molar-refractivity contribution is 7.99. The fourth-order valence-electron chi connectivity index (χ4n) is 3.43. The number of aliphatic hydroxyl groups is 3. The molecule has 36 heavy (non-hydrogen) atoms. The summed E-state index contributed by atoms with van der Waals surface area (Å²) in [7, 11) is 0. The average Bonchev–Trinajstić information content (AvgIpc) is 3.42. The molecule has 0 radical (unpaired) electrons. The summed E-state index contributed by atoms with van der Waals surface area (Å²) in [5.74, 6) is -2.58. The standard InChI is InChI=1S/C24H31FN6O4S/c1-3-8-36-24-27-22(26-16-10-14(16)13-5-4-12(2)15(25)9-13)19-23(28-24)31(30-29-19)17-11-18(35-7-6-32)21(34)20(17)33/h4-5,9,14,16-18,20-21,32-34H,3,6-8,10-11H2,1-2H3,(H,26,27,28)/t14-,16+,17+,18-,20-,21+/m0/s1/i4D,5D,7D2,9D,11D2,14D,17D,18D,20D,21D. The van der Waals surface area contributed by atoms with Crippen molar-refractivity contribution in [3.63, 3.8) is 0 Å². The van der Waals surface area contributed by atoms with Crippen molar-refractivity contribution in [3.05, 3.63) is 35.1 Å². The largest absolute Gasteiger partial charge is 0.394 e. The van der Waals surface area contributed by atoms with Crippen LogP contribution in [-0.2, 0) is 4.74 Å². The molecule has 2 aliphatic rings. The van der Waals surface area contributed by atoms with Crippen LogP contribution >= 0.6 is 11.8 Å². The minimum Gasteiger partial charge on any atom is -0.394 e. The Balaban J connectivity index is 1.66. The van der Waals surface area contributed by atoms with Crippen LogP contribution in [0.3, 0.4) is 0 Å². The van der Waals surface area contributed by atoms with Gasteiger partial charge in [-0.3, -0.25) is 0 Å². The third kappa shape index (κ3) is 4.92.